The Bertz CT molecular complexity index is 425. The summed E-state index contributed by atoms with van der Waals surface area (Å²) in [6.45, 7) is 4.80. The van der Waals surface area contributed by atoms with Crippen LogP contribution in [0.4, 0.5) is 0 Å². The molecule has 1 aromatic rings. The summed E-state index contributed by atoms with van der Waals surface area (Å²) in [5, 5.41) is 0. The standard InChI is InChI=1S/C12H16BrNO3S/c1-4-14(6-5-10(15)17-3)12(16)9-7-8(2)11(13)18-9/h7H,4-6H2,1-3H3. The second-order valence-electron chi connectivity index (χ2n) is 3.78. The van der Waals surface area contributed by atoms with Crippen molar-refractivity contribution >= 4 is 39.1 Å². The Morgan fingerprint density at radius 3 is 2.61 bits per heavy atom. The zero-order chi connectivity index (χ0) is 13.7. The van der Waals surface area contributed by atoms with Crippen molar-refractivity contribution in [2.45, 2.75) is 20.3 Å². The van der Waals surface area contributed by atoms with Crippen LogP contribution >= 0.6 is 27.3 Å². The molecule has 1 heterocycles. The zero-order valence-electron chi connectivity index (χ0n) is 10.7. The second kappa shape index (κ2) is 6.89. The van der Waals surface area contributed by atoms with Gasteiger partial charge >= 0.3 is 5.97 Å². The Kier molecular flexibility index (Phi) is 5.81. The maximum atomic E-state index is 12.2. The van der Waals surface area contributed by atoms with E-state index in [9.17, 15) is 9.59 Å². The highest BCUT2D eigenvalue weighted by atomic mass is 79.9. The van der Waals surface area contributed by atoms with Crippen molar-refractivity contribution in [2.75, 3.05) is 20.2 Å². The topological polar surface area (TPSA) is 46.6 Å². The van der Waals surface area contributed by atoms with Gasteiger partial charge in [-0.05, 0) is 41.4 Å². The van der Waals surface area contributed by atoms with Crippen LogP contribution in [0.25, 0.3) is 0 Å². The minimum Gasteiger partial charge on any atom is -0.469 e. The quantitative estimate of drug-likeness (QED) is 0.778. The van der Waals surface area contributed by atoms with Gasteiger partial charge < -0.3 is 9.64 Å². The Balaban J connectivity index is 2.70. The van der Waals surface area contributed by atoms with Crippen LogP contribution in [-0.2, 0) is 9.53 Å². The minimum atomic E-state index is -0.301. The molecule has 1 aromatic heterocycles. The average molecular weight is 334 g/mol. The molecule has 100 valence electrons. The lowest BCUT2D eigenvalue weighted by Gasteiger charge is -2.19. The van der Waals surface area contributed by atoms with Gasteiger partial charge in [0, 0.05) is 13.1 Å². The molecule has 0 atom stereocenters. The molecular weight excluding hydrogens is 318 g/mol. The molecule has 18 heavy (non-hydrogen) atoms. The third-order valence-electron chi connectivity index (χ3n) is 2.55. The molecule has 0 aliphatic rings. The maximum Gasteiger partial charge on any atom is 0.307 e. The number of esters is 1. The highest BCUT2D eigenvalue weighted by Gasteiger charge is 2.18. The van der Waals surface area contributed by atoms with E-state index >= 15 is 0 Å². The Morgan fingerprint density at radius 2 is 2.17 bits per heavy atom. The van der Waals surface area contributed by atoms with Gasteiger partial charge in [-0.3, -0.25) is 9.59 Å². The number of hydrogen-bond acceptors (Lipinski definition) is 4. The van der Waals surface area contributed by atoms with E-state index in [0.29, 0.717) is 18.0 Å². The molecule has 0 saturated heterocycles. The molecule has 1 rings (SSSR count). The van der Waals surface area contributed by atoms with Gasteiger partial charge in [0.2, 0.25) is 0 Å². The van der Waals surface area contributed by atoms with Crippen LogP contribution in [0.15, 0.2) is 9.85 Å². The third-order valence-corrected chi connectivity index (χ3v) is 4.68. The van der Waals surface area contributed by atoms with E-state index in [4.69, 9.17) is 0 Å². The third kappa shape index (κ3) is 3.81. The summed E-state index contributed by atoms with van der Waals surface area (Å²) in [4.78, 5) is 25.6. The summed E-state index contributed by atoms with van der Waals surface area (Å²) in [5.74, 6) is -0.343. The van der Waals surface area contributed by atoms with Crippen molar-refractivity contribution in [3.8, 4) is 0 Å². The Hall–Kier alpha value is -0.880. The number of halogens is 1. The van der Waals surface area contributed by atoms with Crippen molar-refractivity contribution in [3.05, 3.63) is 20.3 Å². The molecule has 0 N–H and O–H groups in total. The summed E-state index contributed by atoms with van der Waals surface area (Å²) in [6.07, 6.45) is 0.224. The molecule has 0 aliphatic carbocycles. The lowest BCUT2D eigenvalue weighted by Crippen LogP contribution is -2.32. The van der Waals surface area contributed by atoms with Crippen molar-refractivity contribution in [2.24, 2.45) is 0 Å². The lowest BCUT2D eigenvalue weighted by molar-refractivity contribution is -0.140. The molecule has 0 aliphatic heterocycles. The first-order valence-corrected chi connectivity index (χ1v) is 7.22. The summed E-state index contributed by atoms with van der Waals surface area (Å²) < 4.78 is 5.54. The monoisotopic (exact) mass is 333 g/mol. The largest absolute Gasteiger partial charge is 0.469 e. The van der Waals surface area contributed by atoms with Crippen LogP contribution in [0.2, 0.25) is 0 Å². The highest BCUT2D eigenvalue weighted by molar-refractivity contribution is 9.11. The number of thiophene rings is 1. The SMILES string of the molecule is CCN(CCC(=O)OC)C(=O)c1cc(C)c(Br)s1. The van der Waals surface area contributed by atoms with Gasteiger partial charge in [0.15, 0.2) is 0 Å². The number of rotatable bonds is 5. The van der Waals surface area contributed by atoms with Crippen LogP contribution in [0, 0.1) is 6.92 Å². The van der Waals surface area contributed by atoms with E-state index in [1.807, 2.05) is 19.9 Å². The molecule has 0 unspecified atom stereocenters. The first kappa shape index (κ1) is 15.2. The summed E-state index contributed by atoms with van der Waals surface area (Å²) in [7, 11) is 1.35. The van der Waals surface area contributed by atoms with Gasteiger partial charge in [0.1, 0.15) is 0 Å². The van der Waals surface area contributed by atoms with Gasteiger partial charge in [-0.25, -0.2) is 0 Å². The van der Waals surface area contributed by atoms with Gasteiger partial charge in [-0.1, -0.05) is 0 Å². The number of aryl methyl sites for hydroxylation is 1. The Morgan fingerprint density at radius 1 is 1.50 bits per heavy atom. The Labute approximate surface area is 119 Å². The number of carbonyl (C=O) groups excluding carboxylic acids is 2. The predicted molar refractivity (Wildman–Crippen MR) is 75.0 cm³/mol. The zero-order valence-corrected chi connectivity index (χ0v) is 13.1. The summed E-state index contributed by atoms with van der Waals surface area (Å²) >= 11 is 4.82. The van der Waals surface area contributed by atoms with Crippen LogP contribution in [0.3, 0.4) is 0 Å². The fraction of sp³-hybridized carbons (Fsp3) is 0.500. The van der Waals surface area contributed by atoms with Gasteiger partial charge in [0.25, 0.3) is 5.91 Å². The molecule has 0 spiro atoms. The molecule has 0 bridgehead atoms. The first-order valence-electron chi connectivity index (χ1n) is 5.61. The minimum absolute atomic E-state index is 0.0415. The highest BCUT2D eigenvalue weighted by Crippen LogP contribution is 2.28. The number of ether oxygens (including phenoxy) is 1. The maximum absolute atomic E-state index is 12.2. The van der Waals surface area contributed by atoms with Crippen molar-refractivity contribution < 1.29 is 14.3 Å². The second-order valence-corrected chi connectivity index (χ2v) is 6.15. The van der Waals surface area contributed by atoms with Gasteiger partial charge in [-0.15, -0.1) is 11.3 Å². The van der Waals surface area contributed by atoms with Crippen molar-refractivity contribution in [1.29, 1.82) is 0 Å². The van der Waals surface area contributed by atoms with Crippen molar-refractivity contribution in [3.63, 3.8) is 0 Å². The van der Waals surface area contributed by atoms with Crippen LogP contribution in [-0.4, -0.2) is 37.0 Å². The molecule has 0 radical (unpaired) electrons. The van der Waals surface area contributed by atoms with Crippen LogP contribution in [0.5, 0.6) is 0 Å². The molecular formula is C12H16BrNO3S. The first-order chi connectivity index (χ1) is 8.49. The molecule has 0 saturated carbocycles. The molecule has 0 aromatic carbocycles. The summed E-state index contributed by atoms with van der Waals surface area (Å²) in [6, 6.07) is 1.86. The van der Waals surface area contributed by atoms with E-state index in [2.05, 4.69) is 20.7 Å². The molecule has 1 amide bonds. The fourth-order valence-electron chi connectivity index (χ4n) is 1.45. The van der Waals surface area contributed by atoms with E-state index in [-0.39, 0.29) is 18.3 Å². The number of amides is 1. The van der Waals surface area contributed by atoms with E-state index in [1.54, 1.807) is 4.90 Å². The van der Waals surface area contributed by atoms with E-state index in [0.717, 1.165) is 9.35 Å². The number of methoxy groups -OCH3 is 1. The number of hydrogen-bond donors (Lipinski definition) is 0. The number of carbonyl (C=O) groups is 2. The normalized spacial score (nSPS) is 10.2. The number of nitrogens with zero attached hydrogens (tertiary/aromatic N) is 1. The predicted octanol–water partition coefficient (Wildman–Crippen LogP) is 2.84. The smallest absolute Gasteiger partial charge is 0.307 e. The molecule has 0 fully saturated rings. The van der Waals surface area contributed by atoms with Gasteiger partial charge in [0.05, 0.1) is 22.2 Å². The average Bonchev–Trinajstić information content (AvgIpc) is 2.69. The lowest BCUT2D eigenvalue weighted by atomic mass is 10.3. The van der Waals surface area contributed by atoms with E-state index in [1.165, 1.54) is 18.4 Å². The van der Waals surface area contributed by atoms with Crippen LogP contribution < -0.4 is 0 Å². The van der Waals surface area contributed by atoms with Crippen molar-refractivity contribution in [1.82, 2.24) is 4.90 Å². The van der Waals surface area contributed by atoms with Gasteiger partial charge in [-0.2, -0.15) is 0 Å². The molecule has 4 nitrogen and oxygen atoms in total. The molecule has 6 heteroatoms. The summed E-state index contributed by atoms with van der Waals surface area (Å²) in [5.41, 5.74) is 1.05. The van der Waals surface area contributed by atoms with Crippen LogP contribution in [0.1, 0.15) is 28.6 Å². The fourth-order valence-corrected chi connectivity index (χ4v) is 2.96. The van der Waals surface area contributed by atoms with E-state index < -0.39 is 0 Å².